The molecule has 0 atom stereocenters. The molecule has 0 radical (unpaired) electrons. The molecule has 0 aliphatic carbocycles. The maximum atomic E-state index is 12.9. The fraction of sp³-hybridized carbons (Fsp3) is 0.182. The number of piperazine rings is 1. The van der Waals surface area contributed by atoms with Crippen molar-refractivity contribution in [2.45, 2.75) is 0 Å². The van der Waals surface area contributed by atoms with Crippen LogP contribution in [0.15, 0.2) is 60.9 Å². The highest BCUT2D eigenvalue weighted by molar-refractivity contribution is 6.12. The molecule has 4 rings (SSSR count). The number of carbonyl (C=O) groups is 2. The number of anilines is 3. The van der Waals surface area contributed by atoms with E-state index in [9.17, 15) is 9.59 Å². The van der Waals surface area contributed by atoms with Crippen LogP contribution in [0.4, 0.5) is 17.2 Å². The molecule has 2 aromatic carbocycles. The fourth-order valence-electron chi connectivity index (χ4n) is 3.42. The van der Waals surface area contributed by atoms with Crippen LogP contribution in [0.1, 0.15) is 26.4 Å². The molecular weight excluding hydrogens is 380 g/mol. The number of hydrogen-bond donors (Lipinski definition) is 3. The fourth-order valence-corrected chi connectivity index (χ4v) is 3.42. The van der Waals surface area contributed by atoms with E-state index in [1.165, 1.54) is 12.4 Å². The molecule has 0 bridgehead atoms. The van der Waals surface area contributed by atoms with Gasteiger partial charge in [0, 0.05) is 49.7 Å². The summed E-state index contributed by atoms with van der Waals surface area (Å²) in [5.74, 6) is -0.534. The van der Waals surface area contributed by atoms with Crippen molar-refractivity contribution in [2.75, 3.05) is 42.1 Å². The molecule has 3 aromatic rings. The Hall–Kier alpha value is -3.78. The standard InChI is InChI=1S/C22H22N6O2/c23-21-19(25-8-9-26-21)22(30)27-17-14-16(20(29)15-4-2-1-3-5-15)6-7-18(17)28-12-10-24-11-13-28/h1-9,14,24H,10-13H2,(H2,23,26)(H,27,30). The molecular formula is C22H22N6O2. The van der Waals surface area contributed by atoms with Gasteiger partial charge in [0.15, 0.2) is 17.3 Å². The first-order valence-electron chi connectivity index (χ1n) is 9.71. The van der Waals surface area contributed by atoms with Gasteiger partial charge < -0.3 is 21.3 Å². The lowest BCUT2D eigenvalue weighted by molar-refractivity contribution is 0.101. The molecule has 1 aromatic heterocycles. The molecule has 1 aliphatic rings. The van der Waals surface area contributed by atoms with Gasteiger partial charge in [-0.1, -0.05) is 30.3 Å². The summed E-state index contributed by atoms with van der Waals surface area (Å²) in [6, 6.07) is 14.4. The van der Waals surface area contributed by atoms with Gasteiger partial charge in [-0.2, -0.15) is 0 Å². The SMILES string of the molecule is Nc1nccnc1C(=O)Nc1cc(C(=O)c2ccccc2)ccc1N1CCNCC1. The van der Waals surface area contributed by atoms with Crippen LogP contribution >= 0.6 is 0 Å². The van der Waals surface area contributed by atoms with Crippen LogP contribution < -0.4 is 21.3 Å². The minimum atomic E-state index is -0.471. The zero-order valence-corrected chi connectivity index (χ0v) is 16.3. The molecule has 152 valence electrons. The van der Waals surface area contributed by atoms with Crippen LogP contribution in [-0.2, 0) is 0 Å². The molecule has 0 unspecified atom stereocenters. The van der Waals surface area contributed by atoms with E-state index in [-0.39, 0.29) is 17.3 Å². The Bertz CT molecular complexity index is 1060. The third kappa shape index (κ3) is 4.13. The van der Waals surface area contributed by atoms with E-state index in [1.807, 2.05) is 24.3 Å². The Morgan fingerprint density at radius 2 is 1.70 bits per heavy atom. The predicted octanol–water partition coefficient (Wildman–Crippen LogP) is 1.95. The van der Waals surface area contributed by atoms with Crippen LogP contribution in [0.3, 0.4) is 0 Å². The molecule has 30 heavy (non-hydrogen) atoms. The summed E-state index contributed by atoms with van der Waals surface area (Å²) in [6.07, 6.45) is 2.84. The van der Waals surface area contributed by atoms with Crippen molar-refractivity contribution in [3.63, 3.8) is 0 Å². The largest absolute Gasteiger partial charge is 0.382 e. The number of nitrogens with one attached hydrogen (secondary N) is 2. The number of aromatic nitrogens is 2. The smallest absolute Gasteiger partial charge is 0.278 e. The highest BCUT2D eigenvalue weighted by Gasteiger charge is 2.20. The van der Waals surface area contributed by atoms with E-state index < -0.39 is 5.91 Å². The van der Waals surface area contributed by atoms with Crippen molar-refractivity contribution in [1.82, 2.24) is 15.3 Å². The lowest BCUT2D eigenvalue weighted by Gasteiger charge is -2.31. The van der Waals surface area contributed by atoms with Gasteiger partial charge >= 0.3 is 0 Å². The average Bonchev–Trinajstić information content (AvgIpc) is 2.80. The van der Waals surface area contributed by atoms with Gasteiger partial charge in [0.25, 0.3) is 5.91 Å². The van der Waals surface area contributed by atoms with Crippen LogP contribution in [0.25, 0.3) is 0 Å². The maximum absolute atomic E-state index is 12.9. The summed E-state index contributed by atoms with van der Waals surface area (Å²) in [7, 11) is 0. The first-order valence-corrected chi connectivity index (χ1v) is 9.71. The second-order valence-electron chi connectivity index (χ2n) is 6.91. The van der Waals surface area contributed by atoms with Gasteiger partial charge in [-0.05, 0) is 18.2 Å². The molecule has 0 spiro atoms. The summed E-state index contributed by atoms with van der Waals surface area (Å²) in [5.41, 5.74) is 8.30. The van der Waals surface area contributed by atoms with Crippen molar-refractivity contribution in [3.8, 4) is 0 Å². The van der Waals surface area contributed by atoms with Crippen molar-refractivity contribution < 1.29 is 9.59 Å². The van der Waals surface area contributed by atoms with Gasteiger partial charge in [-0.25, -0.2) is 9.97 Å². The Balaban J connectivity index is 1.70. The number of nitrogens with two attached hydrogens (primary N) is 1. The summed E-state index contributed by atoms with van der Waals surface area (Å²) < 4.78 is 0. The molecule has 0 saturated carbocycles. The molecule has 8 heteroatoms. The number of benzene rings is 2. The van der Waals surface area contributed by atoms with Crippen LogP contribution in [0.2, 0.25) is 0 Å². The first-order chi connectivity index (χ1) is 14.6. The molecule has 1 saturated heterocycles. The van der Waals surface area contributed by atoms with E-state index in [0.29, 0.717) is 16.8 Å². The molecule has 2 heterocycles. The van der Waals surface area contributed by atoms with Crippen LogP contribution in [-0.4, -0.2) is 47.8 Å². The second-order valence-corrected chi connectivity index (χ2v) is 6.91. The molecule has 4 N–H and O–H groups in total. The quantitative estimate of drug-likeness (QED) is 0.559. The Kier molecular flexibility index (Phi) is 5.67. The summed E-state index contributed by atoms with van der Waals surface area (Å²) >= 11 is 0. The monoisotopic (exact) mass is 402 g/mol. The summed E-state index contributed by atoms with van der Waals surface area (Å²) in [5, 5.41) is 6.19. The Morgan fingerprint density at radius 1 is 0.967 bits per heavy atom. The molecule has 1 fully saturated rings. The first kappa shape index (κ1) is 19.5. The third-order valence-electron chi connectivity index (χ3n) is 4.94. The van der Waals surface area contributed by atoms with Gasteiger partial charge in [0.2, 0.25) is 0 Å². The minimum absolute atomic E-state index is 0.0450. The number of nitrogen functional groups attached to an aromatic ring is 1. The number of carbonyl (C=O) groups excluding carboxylic acids is 2. The van der Waals surface area contributed by atoms with Crippen molar-refractivity contribution >= 4 is 28.9 Å². The van der Waals surface area contributed by atoms with Gasteiger partial charge in [-0.15, -0.1) is 0 Å². The van der Waals surface area contributed by atoms with Crippen molar-refractivity contribution in [1.29, 1.82) is 0 Å². The van der Waals surface area contributed by atoms with Gasteiger partial charge in [-0.3, -0.25) is 9.59 Å². The summed E-state index contributed by atoms with van der Waals surface area (Å²) in [6.45, 7) is 3.27. The van der Waals surface area contributed by atoms with Crippen molar-refractivity contribution in [3.05, 3.63) is 77.7 Å². The lowest BCUT2D eigenvalue weighted by Crippen LogP contribution is -2.43. The van der Waals surface area contributed by atoms with E-state index >= 15 is 0 Å². The second kappa shape index (κ2) is 8.71. The minimum Gasteiger partial charge on any atom is -0.382 e. The topological polar surface area (TPSA) is 113 Å². The maximum Gasteiger partial charge on any atom is 0.278 e. The van der Waals surface area contributed by atoms with Crippen LogP contribution in [0.5, 0.6) is 0 Å². The lowest BCUT2D eigenvalue weighted by atomic mass is 10.0. The number of hydrogen-bond acceptors (Lipinski definition) is 7. The predicted molar refractivity (Wildman–Crippen MR) is 116 cm³/mol. The van der Waals surface area contributed by atoms with E-state index in [1.54, 1.807) is 24.3 Å². The molecule has 8 nitrogen and oxygen atoms in total. The zero-order valence-electron chi connectivity index (χ0n) is 16.3. The molecule has 1 aliphatic heterocycles. The number of rotatable bonds is 5. The number of nitrogens with zero attached hydrogens (tertiary/aromatic N) is 3. The number of ketones is 1. The van der Waals surface area contributed by atoms with E-state index in [4.69, 9.17) is 5.73 Å². The Morgan fingerprint density at radius 3 is 2.43 bits per heavy atom. The highest BCUT2D eigenvalue weighted by Crippen LogP contribution is 2.29. The molecule has 1 amide bonds. The summed E-state index contributed by atoms with van der Waals surface area (Å²) in [4.78, 5) is 35.9. The van der Waals surface area contributed by atoms with Crippen molar-refractivity contribution in [2.24, 2.45) is 0 Å². The Labute approximate surface area is 174 Å². The highest BCUT2D eigenvalue weighted by atomic mass is 16.2. The van der Waals surface area contributed by atoms with Gasteiger partial charge in [0.1, 0.15) is 0 Å². The average molecular weight is 402 g/mol. The van der Waals surface area contributed by atoms with Crippen LogP contribution in [0, 0.1) is 0 Å². The third-order valence-corrected chi connectivity index (χ3v) is 4.94. The number of amides is 1. The van der Waals surface area contributed by atoms with E-state index in [0.717, 1.165) is 31.9 Å². The van der Waals surface area contributed by atoms with Gasteiger partial charge in [0.05, 0.1) is 11.4 Å². The zero-order chi connectivity index (χ0) is 20.9. The normalized spacial score (nSPS) is 13.7. The van der Waals surface area contributed by atoms with E-state index in [2.05, 4.69) is 25.5 Å².